The van der Waals surface area contributed by atoms with E-state index in [0.29, 0.717) is 17.6 Å². The summed E-state index contributed by atoms with van der Waals surface area (Å²) in [6.45, 7) is 5.44. The molecule has 1 saturated heterocycles. The number of rotatable bonds is 2. The van der Waals surface area contributed by atoms with E-state index in [-0.39, 0.29) is 5.56 Å². The van der Waals surface area contributed by atoms with Crippen molar-refractivity contribution in [2.45, 2.75) is 32.7 Å². The number of anilines is 2. The SMILES string of the molecule is CC1CCCN(c2ccc(C(=O)O)cc2N)C1C. The van der Waals surface area contributed by atoms with Crippen molar-refractivity contribution in [1.29, 1.82) is 0 Å². The maximum absolute atomic E-state index is 10.9. The summed E-state index contributed by atoms with van der Waals surface area (Å²) in [4.78, 5) is 13.2. The molecule has 1 aromatic carbocycles. The molecule has 2 rings (SSSR count). The lowest BCUT2D eigenvalue weighted by Gasteiger charge is -2.40. The van der Waals surface area contributed by atoms with Crippen molar-refractivity contribution >= 4 is 17.3 Å². The summed E-state index contributed by atoms with van der Waals surface area (Å²) in [5, 5.41) is 8.94. The van der Waals surface area contributed by atoms with E-state index >= 15 is 0 Å². The van der Waals surface area contributed by atoms with Gasteiger partial charge in [-0.2, -0.15) is 0 Å². The Balaban J connectivity index is 2.30. The monoisotopic (exact) mass is 248 g/mol. The van der Waals surface area contributed by atoms with Gasteiger partial charge in [0, 0.05) is 12.6 Å². The second kappa shape index (κ2) is 4.88. The number of hydrogen-bond donors (Lipinski definition) is 2. The van der Waals surface area contributed by atoms with Crippen molar-refractivity contribution in [2.75, 3.05) is 17.2 Å². The minimum absolute atomic E-state index is 0.244. The van der Waals surface area contributed by atoms with E-state index in [1.165, 1.54) is 6.42 Å². The van der Waals surface area contributed by atoms with Crippen LogP contribution in [0.2, 0.25) is 0 Å². The van der Waals surface area contributed by atoms with Gasteiger partial charge in [0.05, 0.1) is 16.9 Å². The van der Waals surface area contributed by atoms with Crippen molar-refractivity contribution in [3.05, 3.63) is 23.8 Å². The minimum Gasteiger partial charge on any atom is -0.478 e. The first-order valence-corrected chi connectivity index (χ1v) is 6.40. The highest BCUT2D eigenvalue weighted by Gasteiger charge is 2.26. The molecule has 0 saturated carbocycles. The lowest BCUT2D eigenvalue weighted by Crippen LogP contribution is -2.42. The first-order chi connectivity index (χ1) is 8.50. The standard InChI is InChI=1S/C14H20N2O2/c1-9-4-3-7-16(10(9)2)13-6-5-11(14(17)18)8-12(13)15/h5-6,8-10H,3-4,7,15H2,1-2H3,(H,17,18). The van der Waals surface area contributed by atoms with Crippen LogP contribution in [0.25, 0.3) is 0 Å². The molecule has 0 spiro atoms. The summed E-state index contributed by atoms with van der Waals surface area (Å²) in [5.74, 6) is -0.300. The Labute approximate surface area is 107 Å². The van der Waals surface area contributed by atoms with Crippen LogP contribution in [0.1, 0.15) is 37.0 Å². The van der Waals surface area contributed by atoms with Crippen LogP contribution in [0.3, 0.4) is 0 Å². The second-order valence-electron chi connectivity index (χ2n) is 5.13. The molecule has 2 atom stereocenters. The Hall–Kier alpha value is -1.71. The number of hydrogen-bond acceptors (Lipinski definition) is 3. The number of carbonyl (C=O) groups is 1. The van der Waals surface area contributed by atoms with Crippen LogP contribution in [0, 0.1) is 5.92 Å². The molecule has 0 amide bonds. The Kier molecular flexibility index (Phi) is 3.45. The smallest absolute Gasteiger partial charge is 0.335 e. The summed E-state index contributed by atoms with van der Waals surface area (Å²) in [5.41, 5.74) is 7.75. The van der Waals surface area contributed by atoms with Gasteiger partial charge >= 0.3 is 5.97 Å². The molecule has 3 N–H and O–H groups in total. The summed E-state index contributed by atoms with van der Waals surface area (Å²) in [7, 11) is 0. The van der Waals surface area contributed by atoms with Crippen molar-refractivity contribution < 1.29 is 9.90 Å². The van der Waals surface area contributed by atoms with Crippen LogP contribution in [-0.4, -0.2) is 23.7 Å². The Morgan fingerprint density at radius 3 is 2.78 bits per heavy atom. The van der Waals surface area contributed by atoms with Gasteiger partial charge in [0.25, 0.3) is 0 Å². The average Bonchev–Trinajstić information content (AvgIpc) is 2.33. The molecule has 1 aromatic rings. The molecule has 18 heavy (non-hydrogen) atoms. The highest BCUT2D eigenvalue weighted by Crippen LogP contribution is 2.32. The number of piperidine rings is 1. The molecule has 2 unspecified atom stereocenters. The van der Waals surface area contributed by atoms with Gasteiger partial charge < -0.3 is 15.7 Å². The summed E-state index contributed by atoms with van der Waals surface area (Å²) < 4.78 is 0. The van der Waals surface area contributed by atoms with Gasteiger partial charge in [-0.1, -0.05) is 6.92 Å². The number of carboxylic acid groups (broad SMARTS) is 1. The van der Waals surface area contributed by atoms with E-state index in [0.717, 1.165) is 18.7 Å². The lowest BCUT2D eigenvalue weighted by atomic mass is 9.91. The maximum atomic E-state index is 10.9. The highest BCUT2D eigenvalue weighted by atomic mass is 16.4. The number of benzene rings is 1. The van der Waals surface area contributed by atoms with E-state index in [1.54, 1.807) is 12.1 Å². The van der Waals surface area contributed by atoms with Crippen LogP contribution in [0.4, 0.5) is 11.4 Å². The third-order valence-corrected chi connectivity index (χ3v) is 3.96. The van der Waals surface area contributed by atoms with Gasteiger partial charge in [0.15, 0.2) is 0 Å². The minimum atomic E-state index is -0.937. The predicted octanol–water partition coefficient (Wildman–Crippen LogP) is 2.59. The fourth-order valence-corrected chi connectivity index (χ4v) is 2.62. The van der Waals surface area contributed by atoms with Gasteiger partial charge in [-0.15, -0.1) is 0 Å². The van der Waals surface area contributed by atoms with E-state index in [9.17, 15) is 4.79 Å². The molecule has 4 nitrogen and oxygen atoms in total. The first-order valence-electron chi connectivity index (χ1n) is 6.40. The van der Waals surface area contributed by atoms with Crippen LogP contribution >= 0.6 is 0 Å². The van der Waals surface area contributed by atoms with Crippen LogP contribution < -0.4 is 10.6 Å². The third-order valence-electron chi connectivity index (χ3n) is 3.96. The molecule has 0 aliphatic carbocycles. The zero-order valence-electron chi connectivity index (χ0n) is 10.9. The Morgan fingerprint density at radius 2 is 2.17 bits per heavy atom. The molecule has 0 bridgehead atoms. The molecule has 0 aromatic heterocycles. The quantitative estimate of drug-likeness (QED) is 0.789. The lowest BCUT2D eigenvalue weighted by molar-refractivity contribution is 0.0697. The fourth-order valence-electron chi connectivity index (χ4n) is 2.62. The van der Waals surface area contributed by atoms with Crippen molar-refractivity contribution in [2.24, 2.45) is 5.92 Å². The van der Waals surface area contributed by atoms with Gasteiger partial charge in [-0.05, 0) is 43.9 Å². The topological polar surface area (TPSA) is 66.6 Å². The largest absolute Gasteiger partial charge is 0.478 e. The van der Waals surface area contributed by atoms with Crippen LogP contribution in [0.15, 0.2) is 18.2 Å². The first kappa shape index (κ1) is 12.7. The second-order valence-corrected chi connectivity index (χ2v) is 5.13. The van der Waals surface area contributed by atoms with Crippen molar-refractivity contribution in [3.63, 3.8) is 0 Å². The molecule has 1 aliphatic rings. The number of carboxylic acids is 1. The highest BCUT2D eigenvalue weighted by molar-refractivity contribution is 5.90. The van der Waals surface area contributed by atoms with Gasteiger partial charge in [-0.3, -0.25) is 0 Å². The zero-order chi connectivity index (χ0) is 13.3. The molecule has 98 valence electrons. The molecular formula is C14H20N2O2. The molecule has 1 heterocycles. The normalized spacial score (nSPS) is 24.0. The van der Waals surface area contributed by atoms with Crippen molar-refractivity contribution in [3.8, 4) is 0 Å². The summed E-state index contributed by atoms with van der Waals surface area (Å²) in [6, 6.07) is 5.44. The average molecular weight is 248 g/mol. The third kappa shape index (κ3) is 2.28. The van der Waals surface area contributed by atoms with E-state index in [1.807, 2.05) is 6.07 Å². The Morgan fingerprint density at radius 1 is 1.44 bits per heavy atom. The number of nitrogen functional groups attached to an aromatic ring is 1. The molecule has 1 fully saturated rings. The number of nitrogens with zero attached hydrogens (tertiary/aromatic N) is 1. The van der Waals surface area contributed by atoms with Gasteiger partial charge in [0.1, 0.15) is 0 Å². The van der Waals surface area contributed by atoms with Crippen molar-refractivity contribution in [1.82, 2.24) is 0 Å². The Bertz CT molecular complexity index is 459. The molecule has 1 aliphatic heterocycles. The molecular weight excluding hydrogens is 228 g/mol. The van der Waals surface area contributed by atoms with Gasteiger partial charge in [0.2, 0.25) is 0 Å². The van der Waals surface area contributed by atoms with Crippen LogP contribution in [-0.2, 0) is 0 Å². The summed E-state index contributed by atoms with van der Waals surface area (Å²) >= 11 is 0. The molecule has 4 heteroatoms. The number of nitrogens with two attached hydrogens (primary N) is 1. The summed E-state index contributed by atoms with van der Waals surface area (Å²) in [6.07, 6.45) is 2.40. The predicted molar refractivity (Wildman–Crippen MR) is 73.0 cm³/mol. The molecule has 0 radical (unpaired) electrons. The van der Waals surface area contributed by atoms with E-state index in [4.69, 9.17) is 10.8 Å². The van der Waals surface area contributed by atoms with Crippen LogP contribution in [0.5, 0.6) is 0 Å². The van der Waals surface area contributed by atoms with E-state index in [2.05, 4.69) is 18.7 Å². The zero-order valence-corrected chi connectivity index (χ0v) is 10.9. The van der Waals surface area contributed by atoms with Gasteiger partial charge in [-0.25, -0.2) is 4.79 Å². The number of aromatic carboxylic acids is 1. The van der Waals surface area contributed by atoms with E-state index < -0.39 is 5.97 Å². The fraction of sp³-hybridized carbons (Fsp3) is 0.500. The maximum Gasteiger partial charge on any atom is 0.335 e.